The third kappa shape index (κ3) is 2.98. The molecule has 1 aromatic carbocycles. The predicted octanol–water partition coefficient (Wildman–Crippen LogP) is 4.20. The maximum atomic E-state index is 6.10. The normalized spacial score (nSPS) is 24.2. The zero-order valence-corrected chi connectivity index (χ0v) is 11.9. The molecule has 2 heteroatoms. The van der Waals surface area contributed by atoms with E-state index < -0.39 is 0 Å². The topological polar surface area (TPSA) is 38.0 Å². The van der Waals surface area contributed by atoms with E-state index in [-0.39, 0.29) is 0 Å². The van der Waals surface area contributed by atoms with Crippen molar-refractivity contribution in [3.63, 3.8) is 0 Å². The molecular weight excluding hydrogens is 220 g/mol. The van der Waals surface area contributed by atoms with Crippen LogP contribution in [0.25, 0.3) is 0 Å². The lowest BCUT2D eigenvalue weighted by molar-refractivity contribution is 0.254. The number of rotatable bonds is 3. The quantitative estimate of drug-likeness (QED) is 0.784. The van der Waals surface area contributed by atoms with E-state index in [9.17, 15) is 0 Å². The fourth-order valence-electron chi connectivity index (χ4n) is 3.15. The van der Waals surface area contributed by atoms with Gasteiger partial charge in [-0.1, -0.05) is 32.8 Å². The summed E-state index contributed by atoms with van der Waals surface area (Å²) in [5.74, 6) is 1.52. The van der Waals surface area contributed by atoms with Gasteiger partial charge in [0, 0.05) is 6.04 Å². The van der Waals surface area contributed by atoms with Crippen molar-refractivity contribution in [2.24, 2.45) is 11.8 Å². The summed E-state index contributed by atoms with van der Waals surface area (Å²) < 4.78 is 0. The summed E-state index contributed by atoms with van der Waals surface area (Å²) in [5, 5.41) is 3.68. The standard InChI is InChI=1S/C16H26N2/c1-11(2)13-6-4-5-7-15(13)18-16-9-8-12(3)10-14(16)17/h8-11,13,15,18H,4-7,17H2,1-3H3. The minimum atomic E-state index is 0.587. The molecule has 0 heterocycles. The van der Waals surface area contributed by atoms with Crippen LogP contribution in [0.2, 0.25) is 0 Å². The molecule has 2 rings (SSSR count). The van der Waals surface area contributed by atoms with Crippen molar-refractivity contribution in [3.05, 3.63) is 23.8 Å². The number of nitrogen functional groups attached to an aromatic ring is 1. The lowest BCUT2D eigenvalue weighted by Gasteiger charge is -2.35. The maximum absolute atomic E-state index is 6.10. The van der Waals surface area contributed by atoms with Crippen LogP contribution < -0.4 is 11.1 Å². The average Bonchev–Trinajstić information content (AvgIpc) is 2.33. The Hall–Kier alpha value is -1.18. The third-order valence-corrected chi connectivity index (χ3v) is 4.22. The highest BCUT2D eigenvalue weighted by Gasteiger charge is 2.27. The molecule has 0 spiro atoms. The number of hydrogen-bond acceptors (Lipinski definition) is 2. The van der Waals surface area contributed by atoms with Gasteiger partial charge in [-0.15, -0.1) is 0 Å². The second kappa shape index (κ2) is 5.64. The summed E-state index contributed by atoms with van der Waals surface area (Å²) in [6, 6.07) is 6.89. The number of aryl methyl sites for hydroxylation is 1. The van der Waals surface area contributed by atoms with Crippen molar-refractivity contribution in [2.45, 2.75) is 52.5 Å². The minimum absolute atomic E-state index is 0.587. The van der Waals surface area contributed by atoms with Crippen LogP contribution in [0.1, 0.15) is 45.1 Å². The summed E-state index contributed by atoms with van der Waals surface area (Å²) in [6.07, 6.45) is 5.34. The molecule has 0 bridgehead atoms. The SMILES string of the molecule is Cc1ccc(NC2CCCCC2C(C)C)c(N)c1. The Labute approximate surface area is 111 Å². The van der Waals surface area contributed by atoms with E-state index in [2.05, 4.69) is 44.3 Å². The summed E-state index contributed by atoms with van der Waals surface area (Å²) >= 11 is 0. The predicted molar refractivity (Wildman–Crippen MR) is 79.8 cm³/mol. The third-order valence-electron chi connectivity index (χ3n) is 4.22. The molecule has 0 aromatic heterocycles. The summed E-state index contributed by atoms with van der Waals surface area (Å²) in [6.45, 7) is 6.75. The number of nitrogens with two attached hydrogens (primary N) is 1. The Morgan fingerprint density at radius 3 is 2.61 bits per heavy atom. The van der Waals surface area contributed by atoms with Crippen molar-refractivity contribution in [3.8, 4) is 0 Å². The smallest absolute Gasteiger partial charge is 0.0576 e. The van der Waals surface area contributed by atoms with E-state index in [1.165, 1.54) is 31.2 Å². The maximum Gasteiger partial charge on any atom is 0.0576 e. The van der Waals surface area contributed by atoms with Crippen LogP contribution in [0, 0.1) is 18.8 Å². The Bertz CT molecular complexity index is 398. The van der Waals surface area contributed by atoms with Crippen LogP contribution in [-0.4, -0.2) is 6.04 Å². The van der Waals surface area contributed by atoms with Gasteiger partial charge in [-0.25, -0.2) is 0 Å². The van der Waals surface area contributed by atoms with Crippen LogP contribution in [0.3, 0.4) is 0 Å². The first kappa shape index (κ1) is 13.3. The minimum Gasteiger partial charge on any atom is -0.397 e. The van der Waals surface area contributed by atoms with E-state index in [0.717, 1.165) is 23.2 Å². The molecule has 3 N–H and O–H groups in total. The van der Waals surface area contributed by atoms with Gasteiger partial charge >= 0.3 is 0 Å². The van der Waals surface area contributed by atoms with Crippen molar-refractivity contribution >= 4 is 11.4 Å². The Kier molecular flexibility index (Phi) is 4.15. The summed E-state index contributed by atoms with van der Waals surface area (Å²) in [4.78, 5) is 0. The van der Waals surface area contributed by atoms with Crippen molar-refractivity contribution in [2.75, 3.05) is 11.1 Å². The van der Waals surface area contributed by atoms with E-state index in [0.29, 0.717) is 6.04 Å². The molecule has 18 heavy (non-hydrogen) atoms. The Morgan fingerprint density at radius 1 is 1.22 bits per heavy atom. The molecule has 0 amide bonds. The largest absolute Gasteiger partial charge is 0.397 e. The zero-order valence-electron chi connectivity index (χ0n) is 11.9. The second-order valence-corrected chi connectivity index (χ2v) is 6.03. The van der Waals surface area contributed by atoms with Gasteiger partial charge in [-0.2, -0.15) is 0 Å². The average molecular weight is 246 g/mol. The molecule has 2 unspecified atom stereocenters. The molecule has 1 fully saturated rings. The molecule has 100 valence electrons. The van der Waals surface area contributed by atoms with E-state index >= 15 is 0 Å². The highest BCUT2D eigenvalue weighted by atomic mass is 14.9. The van der Waals surface area contributed by atoms with Gasteiger partial charge < -0.3 is 11.1 Å². The van der Waals surface area contributed by atoms with Crippen LogP contribution >= 0.6 is 0 Å². The highest BCUT2D eigenvalue weighted by Crippen LogP contribution is 2.33. The van der Waals surface area contributed by atoms with Crippen molar-refractivity contribution in [1.29, 1.82) is 0 Å². The summed E-state index contributed by atoms with van der Waals surface area (Å²) in [7, 11) is 0. The fourth-order valence-corrected chi connectivity index (χ4v) is 3.15. The number of nitrogens with one attached hydrogen (secondary N) is 1. The van der Waals surface area contributed by atoms with Gasteiger partial charge in [0.15, 0.2) is 0 Å². The van der Waals surface area contributed by atoms with Crippen LogP contribution in [0.15, 0.2) is 18.2 Å². The van der Waals surface area contributed by atoms with Gasteiger partial charge in [0.05, 0.1) is 11.4 Å². The van der Waals surface area contributed by atoms with Crippen molar-refractivity contribution < 1.29 is 0 Å². The molecule has 1 aromatic rings. The molecular formula is C16H26N2. The number of anilines is 2. The molecule has 2 atom stereocenters. The second-order valence-electron chi connectivity index (χ2n) is 6.03. The number of hydrogen-bond donors (Lipinski definition) is 2. The molecule has 1 aliphatic carbocycles. The van der Waals surface area contributed by atoms with Gasteiger partial charge in [0.2, 0.25) is 0 Å². The van der Waals surface area contributed by atoms with Crippen molar-refractivity contribution in [1.82, 2.24) is 0 Å². The molecule has 0 radical (unpaired) electrons. The Balaban J connectivity index is 2.11. The first-order valence-electron chi connectivity index (χ1n) is 7.20. The first-order valence-corrected chi connectivity index (χ1v) is 7.20. The van der Waals surface area contributed by atoms with Gasteiger partial charge in [0.25, 0.3) is 0 Å². The van der Waals surface area contributed by atoms with Crippen LogP contribution in [0.5, 0.6) is 0 Å². The van der Waals surface area contributed by atoms with Gasteiger partial charge in [0.1, 0.15) is 0 Å². The molecule has 0 saturated heterocycles. The molecule has 0 aliphatic heterocycles. The van der Waals surface area contributed by atoms with E-state index in [1.807, 2.05) is 0 Å². The highest BCUT2D eigenvalue weighted by molar-refractivity contribution is 5.67. The zero-order chi connectivity index (χ0) is 13.1. The monoisotopic (exact) mass is 246 g/mol. The van der Waals surface area contributed by atoms with Gasteiger partial charge in [-0.05, 0) is 49.3 Å². The summed E-state index contributed by atoms with van der Waals surface area (Å²) in [5.41, 5.74) is 9.31. The Morgan fingerprint density at radius 2 is 1.94 bits per heavy atom. The first-order chi connectivity index (χ1) is 8.58. The fraction of sp³-hybridized carbons (Fsp3) is 0.625. The van der Waals surface area contributed by atoms with Gasteiger partial charge in [-0.3, -0.25) is 0 Å². The lowest BCUT2D eigenvalue weighted by Crippen LogP contribution is -2.35. The lowest BCUT2D eigenvalue weighted by atomic mass is 9.77. The van der Waals surface area contributed by atoms with E-state index in [1.54, 1.807) is 0 Å². The van der Waals surface area contributed by atoms with Crippen LogP contribution in [-0.2, 0) is 0 Å². The molecule has 1 aliphatic rings. The van der Waals surface area contributed by atoms with Crippen LogP contribution in [0.4, 0.5) is 11.4 Å². The van der Waals surface area contributed by atoms with E-state index in [4.69, 9.17) is 5.73 Å². The molecule has 1 saturated carbocycles. The number of benzene rings is 1. The molecule has 2 nitrogen and oxygen atoms in total.